The van der Waals surface area contributed by atoms with Gasteiger partial charge in [-0.2, -0.15) is 0 Å². The molecule has 0 aliphatic heterocycles. The van der Waals surface area contributed by atoms with E-state index in [0.29, 0.717) is 17.8 Å². The van der Waals surface area contributed by atoms with Crippen molar-refractivity contribution in [1.82, 2.24) is 15.1 Å². The van der Waals surface area contributed by atoms with Crippen molar-refractivity contribution < 1.29 is 22.8 Å². The number of para-hydroxylation sites is 1. The molecule has 0 aliphatic rings. The standard InChI is InChI=1S/C24H26N5O5S/c25-20-11-13-23(14-12-20)35(32,33)27-16-22(15-26-24(31)28-21-9-5-2-6-10-21)29(18-30)34-17-19-7-3-1-4-8-19/h1-15,18,22,27H,16-17,25H2,(H2,26,28,31). The first-order valence-electron chi connectivity index (χ1n) is 10.6. The lowest BCUT2D eigenvalue weighted by atomic mass is 10.2. The predicted octanol–water partition coefficient (Wildman–Crippen LogP) is 2.49. The predicted molar refractivity (Wildman–Crippen MR) is 132 cm³/mol. The molecule has 0 heterocycles. The summed E-state index contributed by atoms with van der Waals surface area (Å²) in [6.45, 7) is 1.06. The monoisotopic (exact) mass is 496 g/mol. The lowest BCUT2D eigenvalue weighted by molar-refractivity contribution is -0.188. The fraction of sp³-hybridized carbons (Fsp3) is 0.125. The van der Waals surface area contributed by atoms with E-state index in [1.807, 2.05) is 36.4 Å². The molecule has 0 saturated heterocycles. The van der Waals surface area contributed by atoms with Gasteiger partial charge < -0.3 is 16.4 Å². The number of urea groups is 1. The van der Waals surface area contributed by atoms with Crippen LogP contribution >= 0.6 is 0 Å². The van der Waals surface area contributed by atoms with Gasteiger partial charge in [0.15, 0.2) is 0 Å². The average Bonchev–Trinajstić information content (AvgIpc) is 2.87. The zero-order chi connectivity index (χ0) is 25.1. The van der Waals surface area contributed by atoms with E-state index >= 15 is 0 Å². The van der Waals surface area contributed by atoms with Gasteiger partial charge >= 0.3 is 6.03 Å². The Labute approximate surface area is 204 Å². The highest BCUT2D eigenvalue weighted by molar-refractivity contribution is 7.89. The Morgan fingerprint density at radius 2 is 1.60 bits per heavy atom. The van der Waals surface area contributed by atoms with Crippen molar-refractivity contribution in [2.24, 2.45) is 0 Å². The molecule has 35 heavy (non-hydrogen) atoms. The van der Waals surface area contributed by atoms with Gasteiger partial charge in [0.1, 0.15) is 6.61 Å². The van der Waals surface area contributed by atoms with Gasteiger partial charge in [0.2, 0.25) is 16.4 Å². The second kappa shape index (κ2) is 12.5. The molecule has 3 rings (SSSR count). The third-order valence-corrected chi connectivity index (χ3v) is 6.20. The van der Waals surface area contributed by atoms with Crippen molar-refractivity contribution in [2.45, 2.75) is 17.5 Å². The van der Waals surface area contributed by atoms with Gasteiger partial charge in [-0.25, -0.2) is 23.0 Å². The molecule has 3 aromatic rings. The fourth-order valence-corrected chi connectivity index (χ4v) is 3.99. The normalized spacial score (nSPS) is 11.9. The van der Waals surface area contributed by atoms with E-state index in [1.165, 1.54) is 30.8 Å². The van der Waals surface area contributed by atoms with Crippen LogP contribution < -0.4 is 21.1 Å². The summed E-state index contributed by atoms with van der Waals surface area (Å²) in [6, 6.07) is 22.0. The first kappa shape index (κ1) is 25.7. The van der Waals surface area contributed by atoms with Crippen molar-refractivity contribution in [3.63, 3.8) is 0 Å². The van der Waals surface area contributed by atoms with Gasteiger partial charge in [-0.15, -0.1) is 0 Å². The van der Waals surface area contributed by atoms with Crippen LogP contribution in [-0.4, -0.2) is 38.5 Å². The number of hydrogen-bond acceptors (Lipinski definition) is 6. The number of carbonyl (C=O) groups is 2. The summed E-state index contributed by atoms with van der Waals surface area (Å²) in [5.41, 5.74) is 7.41. The molecule has 1 atom stereocenters. The molecule has 183 valence electrons. The van der Waals surface area contributed by atoms with Crippen LogP contribution in [0.5, 0.6) is 0 Å². The van der Waals surface area contributed by atoms with Crippen molar-refractivity contribution in [2.75, 3.05) is 17.6 Å². The number of nitrogens with zero attached hydrogens (tertiary/aromatic N) is 1. The van der Waals surface area contributed by atoms with Crippen LogP contribution in [0.25, 0.3) is 0 Å². The van der Waals surface area contributed by atoms with E-state index in [-0.39, 0.29) is 18.0 Å². The van der Waals surface area contributed by atoms with Crippen molar-refractivity contribution in [3.05, 3.63) is 97.0 Å². The van der Waals surface area contributed by atoms with Gasteiger partial charge in [-0.05, 0) is 42.0 Å². The maximum Gasteiger partial charge on any atom is 0.319 e. The fourth-order valence-electron chi connectivity index (χ4n) is 2.94. The lowest BCUT2D eigenvalue weighted by Gasteiger charge is -2.27. The number of nitrogen functional groups attached to an aromatic ring is 1. The lowest BCUT2D eigenvalue weighted by Crippen LogP contribution is -2.47. The molecule has 11 heteroatoms. The SMILES string of the molecule is Nc1ccc(S(=O)(=O)NCC([CH]NC(=O)Nc2ccccc2)N(C=O)OCc2ccccc2)cc1. The first-order valence-corrected chi connectivity index (χ1v) is 12.1. The molecule has 3 amide bonds. The third-order valence-electron chi connectivity index (χ3n) is 4.77. The summed E-state index contributed by atoms with van der Waals surface area (Å²) < 4.78 is 27.8. The second-order valence-electron chi connectivity index (χ2n) is 7.34. The van der Waals surface area contributed by atoms with Crippen LogP contribution in [0, 0.1) is 6.54 Å². The van der Waals surface area contributed by atoms with Crippen LogP contribution in [-0.2, 0) is 26.3 Å². The van der Waals surface area contributed by atoms with Crippen LogP contribution in [0.2, 0.25) is 0 Å². The number of rotatable bonds is 12. The number of carbonyl (C=O) groups excluding carboxylic acids is 2. The Kier molecular flexibility index (Phi) is 9.18. The Bertz CT molecular complexity index is 1190. The van der Waals surface area contributed by atoms with Crippen LogP contribution in [0.15, 0.2) is 89.8 Å². The number of hydroxylamine groups is 2. The van der Waals surface area contributed by atoms with Crippen molar-refractivity contribution in [1.29, 1.82) is 0 Å². The minimum absolute atomic E-state index is 0.00286. The third kappa shape index (κ3) is 8.10. The minimum atomic E-state index is -3.92. The average molecular weight is 497 g/mol. The Balaban J connectivity index is 1.68. The minimum Gasteiger partial charge on any atom is -0.399 e. The topological polar surface area (TPSA) is 143 Å². The molecule has 1 unspecified atom stereocenters. The van der Waals surface area contributed by atoms with Crippen LogP contribution in [0.1, 0.15) is 5.56 Å². The number of amides is 3. The highest BCUT2D eigenvalue weighted by atomic mass is 32.2. The van der Waals surface area contributed by atoms with Crippen LogP contribution in [0.3, 0.4) is 0 Å². The summed E-state index contributed by atoms with van der Waals surface area (Å²) >= 11 is 0. The van der Waals surface area contributed by atoms with Gasteiger partial charge in [-0.1, -0.05) is 48.5 Å². The Hall–Kier alpha value is -3.93. The maximum atomic E-state index is 12.7. The summed E-state index contributed by atoms with van der Waals surface area (Å²) in [5.74, 6) is 0. The number of nitrogens with two attached hydrogens (primary N) is 1. The van der Waals surface area contributed by atoms with E-state index in [2.05, 4.69) is 15.4 Å². The van der Waals surface area contributed by atoms with Crippen molar-refractivity contribution >= 4 is 33.8 Å². The number of sulfonamides is 1. The molecule has 5 N–H and O–H groups in total. The molecule has 0 aliphatic carbocycles. The zero-order valence-corrected chi connectivity index (χ0v) is 19.5. The molecular weight excluding hydrogens is 470 g/mol. The molecule has 10 nitrogen and oxygen atoms in total. The Morgan fingerprint density at radius 1 is 0.971 bits per heavy atom. The van der Waals surface area contributed by atoms with Crippen molar-refractivity contribution in [3.8, 4) is 0 Å². The zero-order valence-electron chi connectivity index (χ0n) is 18.7. The van der Waals surface area contributed by atoms with E-state index in [4.69, 9.17) is 10.6 Å². The Morgan fingerprint density at radius 3 is 2.23 bits per heavy atom. The smallest absolute Gasteiger partial charge is 0.319 e. The number of anilines is 2. The van der Waals surface area contributed by atoms with E-state index in [1.54, 1.807) is 24.3 Å². The highest BCUT2D eigenvalue weighted by Crippen LogP contribution is 2.13. The van der Waals surface area contributed by atoms with Gasteiger partial charge in [0, 0.05) is 17.9 Å². The number of benzene rings is 3. The quantitative estimate of drug-likeness (QED) is 0.172. The molecule has 1 radical (unpaired) electrons. The van der Waals surface area contributed by atoms with E-state index in [0.717, 1.165) is 10.6 Å². The summed E-state index contributed by atoms with van der Waals surface area (Å²) in [4.78, 5) is 29.7. The molecule has 0 fully saturated rings. The second-order valence-corrected chi connectivity index (χ2v) is 9.11. The van der Waals surface area contributed by atoms with E-state index in [9.17, 15) is 18.0 Å². The van der Waals surface area contributed by atoms with Gasteiger partial charge in [0.05, 0.1) is 17.5 Å². The molecule has 0 saturated carbocycles. The van der Waals surface area contributed by atoms with E-state index < -0.39 is 22.1 Å². The molecule has 0 bridgehead atoms. The number of hydrogen-bond donors (Lipinski definition) is 4. The van der Waals surface area contributed by atoms with Gasteiger partial charge in [0.25, 0.3) is 0 Å². The van der Waals surface area contributed by atoms with Crippen LogP contribution in [0.4, 0.5) is 16.2 Å². The largest absolute Gasteiger partial charge is 0.399 e. The number of nitrogens with one attached hydrogen (secondary N) is 3. The molecular formula is C24H26N5O5S. The molecule has 0 spiro atoms. The van der Waals surface area contributed by atoms with Gasteiger partial charge in [-0.3, -0.25) is 9.63 Å². The molecule has 0 aromatic heterocycles. The first-order chi connectivity index (χ1) is 16.9. The maximum absolute atomic E-state index is 12.7. The summed E-state index contributed by atoms with van der Waals surface area (Å²) in [5, 5.41) is 6.09. The molecule has 3 aromatic carbocycles. The highest BCUT2D eigenvalue weighted by Gasteiger charge is 2.23. The summed E-state index contributed by atoms with van der Waals surface area (Å²) in [6.07, 6.45) is 0.415. The summed E-state index contributed by atoms with van der Waals surface area (Å²) in [7, 11) is -3.92.